The number of hydrogen-bond donors (Lipinski definition) is 1. The number of para-hydroxylation sites is 2. The molecule has 0 fully saturated rings. The molecule has 1 N–H and O–H groups in total. The van der Waals surface area contributed by atoms with Crippen LogP contribution in [0.3, 0.4) is 0 Å². The summed E-state index contributed by atoms with van der Waals surface area (Å²) >= 11 is 0. The quantitative estimate of drug-likeness (QED) is 0.563. The smallest absolute Gasteiger partial charge is 0.219 e. The Morgan fingerprint density at radius 3 is 2.59 bits per heavy atom. The summed E-state index contributed by atoms with van der Waals surface area (Å²) in [6, 6.07) is 17.1. The van der Waals surface area contributed by atoms with Crippen molar-refractivity contribution in [3.63, 3.8) is 0 Å². The van der Waals surface area contributed by atoms with Crippen LogP contribution in [0.5, 0.6) is 0 Å². The maximum atomic E-state index is 11.3. The van der Waals surface area contributed by atoms with Crippen molar-refractivity contribution in [2.24, 2.45) is 0 Å². The minimum Gasteiger partial charge on any atom is -0.356 e. The van der Waals surface area contributed by atoms with Gasteiger partial charge in [-0.05, 0) is 37.5 Å². The molecule has 0 saturated carbocycles. The summed E-state index contributed by atoms with van der Waals surface area (Å²) in [4.78, 5) is 16.2. The first-order valence-corrected chi connectivity index (χ1v) is 9.93. The highest BCUT2D eigenvalue weighted by molar-refractivity contribution is 5.76. The fraction of sp³-hybridized carbons (Fsp3) is 0.391. The van der Waals surface area contributed by atoms with Crippen molar-refractivity contribution in [1.29, 1.82) is 0 Å². The van der Waals surface area contributed by atoms with Gasteiger partial charge in [0.15, 0.2) is 0 Å². The van der Waals surface area contributed by atoms with E-state index in [0.29, 0.717) is 6.42 Å². The lowest BCUT2D eigenvalue weighted by atomic mass is 10.1. The molecule has 1 amide bonds. The summed E-state index contributed by atoms with van der Waals surface area (Å²) in [6.07, 6.45) is 4.71. The molecule has 4 heteroatoms. The van der Waals surface area contributed by atoms with Gasteiger partial charge < -0.3 is 9.88 Å². The summed E-state index contributed by atoms with van der Waals surface area (Å²) in [5.74, 6) is 1.28. The zero-order chi connectivity index (χ0) is 19.1. The summed E-state index contributed by atoms with van der Waals surface area (Å²) < 4.78 is 2.35. The van der Waals surface area contributed by atoms with Crippen LogP contribution < -0.4 is 5.32 Å². The van der Waals surface area contributed by atoms with Gasteiger partial charge in [-0.1, -0.05) is 55.3 Å². The van der Waals surface area contributed by atoms with Gasteiger partial charge >= 0.3 is 0 Å². The van der Waals surface area contributed by atoms with E-state index in [9.17, 15) is 4.79 Å². The summed E-state index contributed by atoms with van der Waals surface area (Å²) in [5, 5.41) is 2.94. The molecule has 0 aliphatic rings. The van der Waals surface area contributed by atoms with E-state index in [1.54, 1.807) is 0 Å². The Morgan fingerprint density at radius 1 is 1.04 bits per heavy atom. The lowest BCUT2D eigenvalue weighted by molar-refractivity contribution is -0.120. The van der Waals surface area contributed by atoms with E-state index in [4.69, 9.17) is 4.98 Å². The molecule has 0 aliphatic heterocycles. The fourth-order valence-corrected chi connectivity index (χ4v) is 3.31. The highest BCUT2D eigenvalue weighted by Gasteiger charge is 2.10. The van der Waals surface area contributed by atoms with Gasteiger partial charge in [0.1, 0.15) is 5.82 Å². The van der Waals surface area contributed by atoms with E-state index in [-0.39, 0.29) is 5.91 Å². The van der Waals surface area contributed by atoms with Crippen molar-refractivity contribution in [3.8, 4) is 0 Å². The lowest BCUT2D eigenvalue weighted by Crippen LogP contribution is -2.23. The molecular formula is C23H29N3O. The number of fused-ring (bicyclic) bond motifs is 1. The highest BCUT2D eigenvalue weighted by atomic mass is 16.1. The van der Waals surface area contributed by atoms with Crippen molar-refractivity contribution in [1.82, 2.24) is 14.9 Å². The number of aryl methyl sites for hydroxylation is 2. The Labute approximate surface area is 161 Å². The Hall–Kier alpha value is -2.62. The number of benzene rings is 2. The van der Waals surface area contributed by atoms with Gasteiger partial charge in [0.25, 0.3) is 0 Å². The second-order valence-corrected chi connectivity index (χ2v) is 7.10. The van der Waals surface area contributed by atoms with E-state index >= 15 is 0 Å². The number of aromatic nitrogens is 2. The molecule has 0 spiro atoms. The van der Waals surface area contributed by atoms with Crippen LogP contribution >= 0.6 is 0 Å². The van der Waals surface area contributed by atoms with Crippen LogP contribution in [0.2, 0.25) is 0 Å². The third-order valence-corrected chi connectivity index (χ3v) is 4.92. The average molecular weight is 364 g/mol. The van der Waals surface area contributed by atoms with E-state index in [1.807, 2.05) is 13.0 Å². The number of hydrogen-bond acceptors (Lipinski definition) is 2. The molecule has 0 radical (unpaired) electrons. The largest absolute Gasteiger partial charge is 0.356 e. The second kappa shape index (κ2) is 9.36. The van der Waals surface area contributed by atoms with Crippen LogP contribution in [-0.4, -0.2) is 22.0 Å². The molecule has 0 atom stereocenters. The topological polar surface area (TPSA) is 46.9 Å². The molecule has 3 rings (SSSR count). The van der Waals surface area contributed by atoms with E-state index in [2.05, 4.69) is 59.3 Å². The maximum absolute atomic E-state index is 11.3. The van der Waals surface area contributed by atoms with Crippen molar-refractivity contribution >= 4 is 16.9 Å². The maximum Gasteiger partial charge on any atom is 0.219 e. The van der Waals surface area contributed by atoms with Gasteiger partial charge in [-0.3, -0.25) is 4.79 Å². The molecule has 4 nitrogen and oxygen atoms in total. The molecule has 1 aromatic heterocycles. The van der Waals surface area contributed by atoms with Crippen molar-refractivity contribution in [2.75, 3.05) is 6.54 Å². The van der Waals surface area contributed by atoms with Gasteiger partial charge in [0, 0.05) is 25.9 Å². The van der Waals surface area contributed by atoms with Gasteiger partial charge in [0.05, 0.1) is 11.0 Å². The average Bonchev–Trinajstić information content (AvgIpc) is 3.03. The SMILES string of the molecule is CCC(=O)NCCCCCc1nc2ccccc2n1Cc1ccc(C)cc1. The third kappa shape index (κ3) is 5.19. The molecule has 0 bridgehead atoms. The predicted octanol–water partition coefficient (Wildman–Crippen LogP) is 4.63. The summed E-state index contributed by atoms with van der Waals surface area (Å²) in [5.41, 5.74) is 4.84. The normalized spacial score (nSPS) is 11.0. The molecule has 27 heavy (non-hydrogen) atoms. The Balaban J connectivity index is 1.65. The number of unbranched alkanes of at least 4 members (excludes halogenated alkanes) is 2. The van der Waals surface area contributed by atoms with Crippen LogP contribution in [0.25, 0.3) is 11.0 Å². The predicted molar refractivity (Wildman–Crippen MR) is 111 cm³/mol. The molecule has 0 unspecified atom stereocenters. The Bertz CT molecular complexity index is 880. The standard InChI is InChI=1S/C23H29N3O/c1-3-23(27)24-16-8-4-5-11-22-25-20-9-6-7-10-21(20)26(22)17-19-14-12-18(2)13-15-19/h6-7,9-10,12-15H,3-5,8,11,16-17H2,1-2H3,(H,24,27). The molecule has 3 aromatic rings. The first kappa shape index (κ1) is 19.2. The first-order chi connectivity index (χ1) is 13.2. The zero-order valence-electron chi connectivity index (χ0n) is 16.4. The number of carbonyl (C=O) groups is 1. The monoisotopic (exact) mass is 363 g/mol. The van der Waals surface area contributed by atoms with Crippen molar-refractivity contribution < 1.29 is 4.79 Å². The van der Waals surface area contributed by atoms with Crippen LogP contribution in [0, 0.1) is 6.92 Å². The zero-order valence-corrected chi connectivity index (χ0v) is 16.4. The van der Waals surface area contributed by atoms with Gasteiger partial charge in [0.2, 0.25) is 5.91 Å². The number of imidazole rings is 1. The first-order valence-electron chi connectivity index (χ1n) is 9.93. The number of nitrogens with zero attached hydrogens (tertiary/aromatic N) is 2. The molecule has 142 valence electrons. The summed E-state index contributed by atoms with van der Waals surface area (Å²) in [6.45, 7) is 5.62. The van der Waals surface area contributed by atoms with Crippen LogP contribution in [0.4, 0.5) is 0 Å². The Morgan fingerprint density at radius 2 is 1.81 bits per heavy atom. The van der Waals surface area contributed by atoms with E-state index in [0.717, 1.165) is 50.1 Å². The molecule has 0 saturated heterocycles. The number of amides is 1. The van der Waals surface area contributed by atoms with Gasteiger partial charge in [-0.15, -0.1) is 0 Å². The number of nitrogens with one attached hydrogen (secondary N) is 1. The Kier molecular flexibility index (Phi) is 6.64. The minimum absolute atomic E-state index is 0.134. The molecular weight excluding hydrogens is 334 g/mol. The second-order valence-electron chi connectivity index (χ2n) is 7.10. The highest BCUT2D eigenvalue weighted by Crippen LogP contribution is 2.20. The van der Waals surface area contributed by atoms with Crippen molar-refractivity contribution in [3.05, 3.63) is 65.5 Å². The van der Waals surface area contributed by atoms with Crippen LogP contribution in [-0.2, 0) is 17.8 Å². The molecule has 0 aliphatic carbocycles. The third-order valence-electron chi connectivity index (χ3n) is 4.92. The van der Waals surface area contributed by atoms with Crippen molar-refractivity contribution in [2.45, 2.75) is 52.5 Å². The number of rotatable bonds is 9. The molecule has 1 heterocycles. The van der Waals surface area contributed by atoms with E-state index < -0.39 is 0 Å². The summed E-state index contributed by atoms with van der Waals surface area (Å²) in [7, 11) is 0. The van der Waals surface area contributed by atoms with Crippen LogP contribution in [0.1, 0.15) is 49.6 Å². The molecule has 2 aromatic carbocycles. The minimum atomic E-state index is 0.134. The van der Waals surface area contributed by atoms with Crippen LogP contribution in [0.15, 0.2) is 48.5 Å². The van der Waals surface area contributed by atoms with E-state index in [1.165, 1.54) is 16.6 Å². The lowest BCUT2D eigenvalue weighted by Gasteiger charge is -2.10. The fourth-order valence-electron chi connectivity index (χ4n) is 3.31. The van der Waals surface area contributed by atoms with Gasteiger partial charge in [-0.25, -0.2) is 4.98 Å². The van der Waals surface area contributed by atoms with Gasteiger partial charge in [-0.2, -0.15) is 0 Å². The number of carbonyl (C=O) groups excluding carboxylic acids is 1.